The molecule has 0 spiro atoms. The highest BCUT2D eigenvalue weighted by Gasteiger charge is 2.19. The topological polar surface area (TPSA) is 127 Å². The first-order chi connectivity index (χ1) is 11.0. The van der Waals surface area contributed by atoms with Crippen LogP contribution in [-0.4, -0.2) is 23.1 Å². The van der Waals surface area contributed by atoms with Crippen LogP contribution < -0.4 is 4.74 Å². The number of hydrogen-bond donors (Lipinski definition) is 1. The summed E-state index contributed by atoms with van der Waals surface area (Å²) in [7, 11) is 1.39. The van der Waals surface area contributed by atoms with Gasteiger partial charge in [0, 0.05) is 6.08 Å². The number of rotatable bonds is 5. The van der Waals surface area contributed by atoms with Gasteiger partial charge < -0.3 is 14.3 Å². The van der Waals surface area contributed by atoms with Crippen molar-refractivity contribution in [1.82, 2.24) is 0 Å². The van der Waals surface area contributed by atoms with E-state index in [9.17, 15) is 14.9 Å². The average Bonchev–Trinajstić information content (AvgIpc) is 3.00. The molecular weight excluding hydrogens is 304 g/mol. The summed E-state index contributed by atoms with van der Waals surface area (Å²) < 4.78 is 10.3. The Morgan fingerprint density at radius 1 is 1.43 bits per heavy atom. The summed E-state index contributed by atoms with van der Waals surface area (Å²) in [5, 5.41) is 28.7. The van der Waals surface area contributed by atoms with Crippen molar-refractivity contribution in [3.05, 3.63) is 51.8 Å². The third kappa shape index (κ3) is 3.36. The fourth-order valence-electron chi connectivity index (χ4n) is 1.86. The van der Waals surface area contributed by atoms with Crippen LogP contribution in [0.2, 0.25) is 0 Å². The van der Waals surface area contributed by atoms with E-state index in [1.54, 1.807) is 6.07 Å². The number of methoxy groups -OCH3 is 1. The SMILES string of the molecule is COc1ccc(-c2ccc(/C=C(\C#N)C(=O)O)o2)c([N+](=O)[O-])c1. The van der Waals surface area contributed by atoms with Crippen molar-refractivity contribution < 1.29 is 24.0 Å². The highest BCUT2D eigenvalue weighted by atomic mass is 16.6. The molecule has 1 aromatic carbocycles. The van der Waals surface area contributed by atoms with Gasteiger partial charge in [-0.25, -0.2) is 4.79 Å². The standard InChI is InChI=1S/C15H10N2O6/c1-22-10-2-4-12(13(7-10)17(20)21)14-5-3-11(23-14)6-9(8-16)15(18)19/h2-7H,1H3,(H,18,19)/b9-6+. The number of nitriles is 1. The second-order valence-electron chi connectivity index (χ2n) is 4.32. The molecule has 0 aliphatic rings. The van der Waals surface area contributed by atoms with Crippen LogP contribution in [0.3, 0.4) is 0 Å². The van der Waals surface area contributed by atoms with Gasteiger partial charge in [0.15, 0.2) is 0 Å². The Labute approximate surface area is 130 Å². The first-order valence-electron chi connectivity index (χ1n) is 6.24. The van der Waals surface area contributed by atoms with Gasteiger partial charge in [-0.1, -0.05) is 0 Å². The Morgan fingerprint density at radius 3 is 2.74 bits per heavy atom. The zero-order chi connectivity index (χ0) is 17.0. The third-order valence-electron chi connectivity index (χ3n) is 2.93. The Hall–Kier alpha value is -3.60. The lowest BCUT2D eigenvalue weighted by atomic mass is 10.1. The van der Waals surface area contributed by atoms with Crippen molar-refractivity contribution in [3.63, 3.8) is 0 Å². The number of benzene rings is 1. The van der Waals surface area contributed by atoms with Crippen molar-refractivity contribution >= 4 is 17.7 Å². The van der Waals surface area contributed by atoms with E-state index in [2.05, 4.69) is 0 Å². The minimum atomic E-state index is -1.39. The zero-order valence-corrected chi connectivity index (χ0v) is 11.8. The summed E-state index contributed by atoms with van der Waals surface area (Å²) in [5.41, 5.74) is -0.507. The molecule has 116 valence electrons. The number of carbonyl (C=O) groups is 1. The lowest BCUT2D eigenvalue weighted by molar-refractivity contribution is -0.384. The summed E-state index contributed by atoms with van der Waals surface area (Å²) in [4.78, 5) is 21.4. The van der Waals surface area contributed by atoms with Crippen LogP contribution in [0.5, 0.6) is 5.75 Å². The van der Waals surface area contributed by atoms with Gasteiger partial charge in [-0.15, -0.1) is 0 Å². The maximum absolute atomic E-state index is 11.2. The fraction of sp³-hybridized carbons (Fsp3) is 0.0667. The van der Waals surface area contributed by atoms with Gasteiger partial charge in [-0.3, -0.25) is 10.1 Å². The number of nitro benzene ring substituents is 1. The Bertz CT molecular complexity index is 844. The zero-order valence-electron chi connectivity index (χ0n) is 11.8. The average molecular weight is 314 g/mol. The minimum absolute atomic E-state index is 0.101. The van der Waals surface area contributed by atoms with Gasteiger partial charge in [0.25, 0.3) is 5.69 Å². The number of carboxylic acid groups (broad SMARTS) is 1. The molecule has 0 radical (unpaired) electrons. The van der Waals surface area contributed by atoms with Crippen LogP contribution in [0.15, 0.2) is 40.3 Å². The summed E-state index contributed by atoms with van der Waals surface area (Å²) in [6.45, 7) is 0. The first kappa shape index (κ1) is 15.8. The molecule has 2 rings (SSSR count). The van der Waals surface area contributed by atoms with E-state index in [-0.39, 0.29) is 22.8 Å². The second kappa shape index (κ2) is 6.44. The van der Waals surface area contributed by atoms with E-state index in [1.165, 1.54) is 37.4 Å². The molecule has 8 heteroatoms. The second-order valence-corrected chi connectivity index (χ2v) is 4.32. The quantitative estimate of drug-likeness (QED) is 0.389. The van der Waals surface area contributed by atoms with Crippen molar-refractivity contribution in [2.45, 2.75) is 0 Å². The van der Waals surface area contributed by atoms with Gasteiger partial charge >= 0.3 is 5.97 Å². The Morgan fingerprint density at radius 2 is 2.17 bits per heavy atom. The molecular formula is C15H10N2O6. The Balaban J connectivity index is 2.48. The van der Waals surface area contributed by atoms with Crippen LogP contribution in [0.1, 0.15) is 5.76 Å². The number of furan rings is 1. The van der Waals surface area contributed by atoms with E-state index >= 15 is 0 Å². The molecule has 0 saturated carbocycles. The minimum Gasteiger partial charge on any atom is -0.497 e. The molecule has 0 amide bonds. The van der Waals surface area contributed by atoms with Crippen LogP contribution >= 0.6 is 0 Å². The molecule has 23 heavy (non-hydrogen) atoms. The monoisotopic (exact) mass is 314 g/mol. The molecule has 0 atom stereocenters. The molecule has 0 aliphatic carbocycles. The lowest BCUT2D eigenvalue weighted by Crippen LogP contribution is -1.96. The summed E-state index contributed by atoms with van der Waals surface area (Å²) >= 11 is 0. The molecule has 0 bridgehead atoms. The maximum Gasteiger partial charge on any atom is 0.346 e. The van der Waals surface area contributed by atoms with Gasteiger partial charge in [0.2, 0.25) is 0 Å². The number of nitro groups is 1. The van der Waals surface area contributed by atoms with E-state index < -0.39 is 16.5 Å². The number of aliphatic carboxylic acids is 1. The number of carboxylic acids is 1. The van der Waals surface area contributed by atoms with E-state index in [0.29, 0.717) is 5.75 Å². The third-order valence-corrected chi connectivity index (χ3v) is 2.93. The molecule has 0 fully saturated rings. The molecule has 0 aliphatic heterocycles. The van der Waals surface area contributed by atoms with Crippen molar-refractivity contribution in [3.8, 4) is 23.1 Å². The molecule has 0 saturated heterocycles. The van der Waals surface area contributed by atoms with Gasteiger partial charge in [-0.05, 0) is 24.3 Å². The van der Waals surface area contributed by atoms with Crippen molar-refractivity contribution in [2.24, 2.45) is 0 Å². The number of nitrogens with zero attached hydrogens (tertiary/aromatic N) is 2. The van der Waals surface area contributed by atoms with E-state index in [4.69, 9.17) is 19.5 Å². The summed E-state index contributed by atoms with van der Waals surface area (Å²) in [6.07, 6.45) is 1.04. The fourth-order valence-corrected chi connectivity index (χ4v) is 1.86. The van der Waals surface area contributed by atoms with Gasteiger partial charge in [-0.2, -0.15) is 5.26 Å². The predicted molar refractivity (Wildman–Crippen MR) is 78.6 cm³/mol. The lowest BCUT2D eigenvalue weighted by Gasteiger charge is -2.03. The summed E-state index contributed by atoms with van der Waals surface area (Å²) in [6, 6.07) is 8.66. The van der Waals surface area contributed by atoms with Crippen LogP contribution in [-0.2, 0) is 4.79 Å². The first-order valence-corrected chi connectivity index (χ1v) is 6.24. The number of hydrogen-bond acceptors (Lipinski definition) is 6. The molecule has 0 unspecified atom stereocenters. The molecule has 1 heterocycles. The molecule has 2 aromatic rings. The maximum atomic E-state index is 11.2. The number of ether oxygens (including phenoxy) is 1. The largest absolute Gasteiger partial charge is 0.497 e. The normalized spacial score (nSPS) is 10.9. The van der Waals surface area contributed by atoms with E-state index in [1.807, 2.05) is 0 Å². The van der Waals surface area contributed by atoms with Crippen molar-refractivity contribution in [2.75, 3.05) is 7.11 Å². The van der Waals surface area contributed by atoms with Crippen LogP contribution in [0, 0.1) is 21.4 Å². The van der Waals surface area contributed by atoms with Crippen LogP contribution in [0.25, 0.3) is 17.4 Å². The predicted octanol–water partition coefficient (Wildman–Crippen LogP) is 2.85. The van der Waals surface area contributed by atoms with E-state index in [0.717, 1.165) is 6.08 Å². The van der Waals surface area contributed by atoms with Crippen molar-refractivity contribution in [1.29, 1.82) is 5.26 Å². The summed E-state index contributed by atoms with van der Waals surface area (Å²) in [5.74, 6) is -0.789. The smallest absolute Gasteiger partial charge is 0.346 e. The van der Waals surface area contributed by atoms with Gasteiger partial charge in [0.05, 0.1) is 23.7 Å². The highest BCUT2D eigenvalue weighted by Crippen LogP contribution is 2.34. The molecule has 1 aromatic heterocycles. The highest BCUT2D eigenvalue weighted by molar-refractivity contribution is 5.96. The van der Waals surface area contributed by atoms with Crippen LogP contribution in [0.4, 0.5) is 5.69 Å². The van der Waals surface area contributed by atoms with Gasteiger partial charge in [0.1, 0.15) is 28.9 Å². The Kier molecular flexibility index (Phi) is 4.42. The molecule has 8 nitrogen and oxygen atoms in total. The molecule has 1 N–H and O–H groups in total.